The Hall–Kier alpha value is -3.53. The number of amides is 1. The van der Waals surface area contributed by atoms with Gasteiger partial charge in [-0.05, 0) is 62.1 Å². The molecule has 3 heterocycles. The minimum Gasteiger partial charge on any atom is -0.440 e. The third-order valence-electron chi connectivity index (χ3n) is 4.84. The molecule has 142 valence electrons. The summed E-state index contributed by atoms with van der Waals surface area (Å²) in [6.07, 6.45) is 7.27. The molecule has 1 fully saturated rings. The van der Waals surface area contributed by atoms with Gasteiger partial charge in [-0.25, -0.2) is 4.68 Å². The summed E-state index contributed by atoms with van der Waals surface area (Å²) in [5, 5.41) is 16.2. The Kier molecular flexibility index (Phi) is 4.85. The second-order valence-electron chi connectivity index (χ2n) is 6.94. The lowest BCUT2D eigenvalue weighted by atomic mass is 10.1. The van der Waals surface area contributed by atoms with Crippen molar-refractivity contribution in [2.75, 3.05) is 23.3 Å². The number of hydrogen-bond acceptors (Lipinski definition) is 5. The first-order valence-electron chi connectivity index (χ1n) is 9.36. The lowest BCUT2D eigenvalue weighted by molar-refractivity contribution is 0.0996. The lowest BCUT2D eigenvalue weighted by Gasteiger charge is -2.31. The van der Waals surface area contributed by atoms with E-state index in [4.69, 9.17) is 9.68 Å². The van der Waals surface area contributed by atoms with Gasteiger partial charge < -0.3 is 14.6 Å². The van der Waals surface area contributed by atoms with Gasteiger partial charge in [0.1, 0.15) is 6.07 Å². The predicted octanol–water partition coefficient (Wildman–Crippen LogP) is 3.89. The summed E-state index contributed by atoms with van der Waals surface area (Å²) >= 11 is 0. The number of carbonyl (C=O) groups excluding carboxylic acids is 1. The van der Waals surface area contributed by atoms with Gasteiger partial charge in [-0.15, -0.1) is 0 Å². The molecule has 2 aromatic heterocycles. The molecule has 0 spiro atoms. The van der Waals surface area contributed by atoms with Crippen LogP contribution in [0.3, 0.4) is 0 Å². The maximum absolute atomic E-state index is 12.6. The number of nitrogens with zero attached hydrogens (tertiary/aromatic N) is 4. The number of nitriles is 1. The zero-order valence-electron chi connectivity index (χ0n) is 15.7. The van der Waals surface area contributed by atoms with Crippen LogP contribution in [0.25, 0.3) is 5.69 Å². The second-order valence-corrected chi connectivity index (χ2v) is 6.94. The summed E-state index contributed by atoms with van der Waals surface area (Å²) in [5.74, 6) is -0.138. The van der Waals surface area contributed by atoms with Crippen molar-refractivity contribution in [3.63, 3.8) is 0 Å². The normalized spacial score (nSPS) is 13.9. The monoisotopic (exact) mass is 375 g/mol. The Morgan fingerprint density at radius 1 is 1.21 bits per heavy atom. The van der Waals surface area contributed by atoms with Gasteiger partial charge in [-0.1, -0.05) is 0 Å². The first kappa shape index (κ1) is 17.9. The number of aryl methyl sites for hydroxylation is 1. The molecule has 7 heteroatoms. The molecule has 0 radical (unpaired) electrons. The lowest BCUT2D eigenvalue weighted by Crippen LogP contribution is -2.30. The maximum atomic E-state index is 12.6. The highest BCUT2D eigenvalue weighted by Crippen LogP contribution is 2.31. The van der Waals surface area contributed by atoms with Crippen LogP contribution in [0.5, 0.6) is 0 Å². The van der Waals surface area contributed by atoms with E-state index in [1.165, 1.54) is 18.6 Å². The fourth-order valence-corrected chi connectivity index (χ4v) is 3.42. The van der Waals surface area contributed by atoms with Crippen molar-refractivity contribution in [1.82, 2.24) is 9.78 Å². The van der Waals surface area contributed by atoms with E-state index in [2.05, 4.69) is 21.4 Å². The molecule has 0 atom stereocenters. The maximum Gasteiger partial charge on any atom is 0.291 e. The molecule has 1 amide bonds. The summed E-state index contributed by atoms with van der Waals surface area (Å²) in [4.78, 5) is 14.9. The van der Waals surface area contributed by atoms with Gasteiger partial charge in [-0.3, -0.25) is 4.79 Å². The summed E-state index contributed by atoms with van der Waals surface area (Å²) < 4.78 is 7.08. The van der Waals surface area contributed by atoms with Gasteiger partial charge in [0.05, 0.1) is 23.3 Å². The van der Waals surface area contributed by atoms with Crippen molar-refractivity contribution >= 4 is 17.3 Å². The van der Waals surface area contributed by atoms with Crippen LogP contribution in [0.2, 0.25) is 0 Å². The Bertz CT molecular complexity index is 1040. The minimum atomic E-state index is -0.373. The van der Waals surface area contributed by atoms with Crippen LogP contribution in [-0.4, -0.2) is 28.8 Å². The third kappa shape index (κ3) is 3.62. The van der Waals surface area contributed by atoms with Gasteiger partial charge in [-0.2, -0.15) is 10.4 Å². The molecule has 1 aromatic carbocycles. The van der Waals surface area contributed by atoms with Gasteiger partial charge >= 0.3 is 0 Å². The van der Waals surface area contributed by atoms with E-state index >= 15 is 0 Å². The number of anilines is 2. The molecule has 1 saturated heterocycles. The molecule has 28 heavy (non-hydrogen) atoms. The van der Waals surface area contributed by atoms with E-state index in [9.17, 15) is 4.79 Å². The number of hydrogen-bond donors (Lipinski definition) is 1. The molecule has 1 aliphatic rings. The van der Waals surface area contributed by atoms with Crippen LogP contribution in [-0.2, 0) is 0 Å². The van der Waals surface area contributed by atoms with E-state index in [1.54, 1.807) is 0 Å². The molecular weight excluding hydrogens is 354 g/mol. The number of benzene rings is 1. The molecular formula is C21H21N5O2. The van der Waals surface area contributed by atoms with Crippen molar-refractivity contribution in [2.45, 2.75) is 26.2 Å². The highest BCUT2D eigenvalue weighted by atomic mass is 16.3. The topological polar surface area (TPSA) is 87.1 Å². The number of nitrogens with one attached hydrogen (secondary N) is 1. The van der Waals surface area contributed by atoms with Crippen LogP contribution in [0.4, 0.5) is 11.4 Å². The Balaban J connectivity index is 1.66. The first-order valence-corrected chi connectivity index (χ1v) is 9.36. The van der Waals surface area contributed by atoms with Crippen LogP contribution >= 0.6 is 0 Å². The van der Waals surface area contributed by atoms with Crippen molar-refractivity contribution in [2.24, 2.45) is 0 Å². The van der Waals surface area contributed by atoms with Crippen molar-refractivity contribution in [1.29, 1.82) is 5.26 Å². The molecule has 0 unspecified atom stereocenters. The van der Waals surface area contributed by atoms with E-state index in [-0.39, 0.29) is 17.4 Å². The van der Waals surface area contributed by atoms with Crippen LogP contribution in [0, 0.1) is 18.3 Å². The average Bonchev–Trinajstić information content (AvgIpc) is 3.38. The highest BCUT2D eigenvalue weighted by molar-refractivity contribution is 6.04. The zero-order chi connectivity index (χ0) is 19.5. The van der Waals surface area contributed by atoms with E-state index in [1.807, 2.05) is 42.2 Å². The molecule has 7 nitrogen and oxygen atoms in total. The fourth-order valence-electron chi connectivity index (χ4n) is 3.42. The summed E-state index contributed by atoms with van der Waals surface area (Å²) in [7, 11) is 0. The second kappa shape index (κ2) is 7.61. The summed E-state index contributed by atoms with van der Waals surface area (Å²) in [6, 6.07) is 10.8. The van der Waals surface area contributed by atoms with E-state index < -0.39 is 0 Å². The van der Waals surface area contributed by atoms with E-state index in [0.29, 0.717) is 0 Å². The van der Waals surface area contributed by atoms with Crippen molar-refractivity contribution in [3.8, 4) is 11.8 Å². The molecule has 0 aliphatic carbocycles. The molecule has 4 rings (SSSR count). The largest absolute Gasteiger partial charge is 0.440 e. The number of piperidine rings is 1. The highest BCUT2D eigenvalue weighted by Gasteiger charge is 2.19. The number of carbonyl (C=O) groups is 1. The average molecular weight is 375 g/mol. The minimum absolute atomic E-state index is 0.116. The van der Waals surface area contributed by atoms with Gasteiger partial charge in [0, 0.05) is 19.3 Å². The zero-order valence-corrected chi connectivity index (χ0v) is 15.7. The van der Waals surface area contributed by atoms with Gasteiger partial charge in [0.15, 0.2) is 5.76 Å². The molecule has 0 bridgehead atoms. The van der Waals surface area contributed by atoms with Gasteiger partial charge in [0.2, 0.25) is 5.76 Å². The number of aromatic nitrogens is 2. The predicted molar refractivity (Wildman–Crippen MR) is 106 cm³/mol. The van der Waals surface area contributed by atoms with Crippen molar-refractivity contribution in [3.05, 3.63) is 59.8 Å². The fraction of sp³-hybridized carbons (Fsp3) is 0.286. The smallest absolute Gasteiger partial charge is 0.291 e. The summed E-state index contributed by atoms with van der Waals surface area (Å²) in [5.41, 5.74) is 3.71. The van der Waals surface area contributed by atoms with Gasteiger partial charge in [0.25, 0.3) is 5.91 Å². The Morgan fingerprint density at radius 3 is 2.71 bits per heavy atom. The Labute approximate surface area is 163 Å². The molecule has 0 saturated carbocycles. The van der Waals surface area contributed by atoms with E-state index in [0.717, 1.165) is 48.6 Å². The first-order chi connectivity index (χ1) is 13.6. The van der Waals surface area contributed by atoms with Crippen LogP contribution < -0.4 is 10.2 Å². The summed E-state index contributed by atoms with van der Waals surface area (Å²) in [6.45, 7) is 3.90. The number of rotatable bonds is 4. The quantitative estimate of drug-likeness (QED) is 0.747. The SMILES string of the molecule is Cc1cnn(-c2ccc(NC(=O)c3ccc(C#N)o3)c(N3CCCCC3)c2)c1. The van der Waals surface area contributed by atoms with Crippen molar-refractivity contribution < 1.29 is 9.21 Å². The molecule has 1 N–H and O–H groups in total. The van der Waals surface area contributed by atoms with Crippen LogP contribution in [0.15, 0.2) is 47.1 Å². The Morgan fingerprint density at radius 2 is 2.04 bits per heavy atom. The third-order valence-corrected chi connectivity index (χ3v) is 4.84. The molecule has 1 aliphatic heterocycles. The van der Waals surface area contributed by atoms with Crippen LogP contribution in [0.1, 0.15) is 41.1 Å². The number of furan rings is 1. The molecule has 3 aromatic rings. The standard InChI is InChI=1S/C21H21N5O2/c1-15-13-23-26(14-15)16-5-7-18(19(11-16)25-9-3-2-4-10-25)24-21(27)20-8-6-17(12-22)28-20/h5-8,11,13-14H,2-4,9-10H2,1H3,(H,24,27).